The molecule has 0 radical (unpaired) electrons. The maximum atomic E-state index is 12.3. The van der Waals surface area contributed by atoms with E-state index in [0.717, 1.165) is 19.4 Å². The molecule has 0 bridgehead atoms. The normalized spacial score (nSPS) is 10.3. The number of nitrogens with one attached hydrogen (secondary N) is 2. The SMILES string of the molecule is CCCCNCC(=O)Nc1cccc(C(=O)N(CC)CC)c1. The molecule has 0 aliphatic carbocycles. The molecule has 22 heavy (non-hydrogen) atoms. The van der Waals surface area contributed by atoms with Crippen LogP contribution in [0.1, 0.15) is 44.0 Å². The quantitative estimate of drug-likeness (QED) is 0.689. The fourth-order valence-corrected chi connectivity index (χ4v) is 2.13. The van der Waals surface area contributed by atoms with Crippen molar-refractivity contribution in [3.63, 3.8) is 0 Å². The lowest BCUT2D eigenvalue weighted by atomic mass is 10.1. The van der Waals surface area contributed by atoms with Crippen LogP contribution in [0, 0.1) is 0 Å². The Hall–Kier alpha value is -1.88. The standard InChI is InChI=1S/C17H27N3O2/c1-4-7-11-18-13-16(21)19-15-10-8-9-14(12-15)17(22)20(5-2)6-3/h8-10,12,18H,4-7,11,13H2,1-3H3,(H,19,21). The van der Waals surface area contributed by atoms with Crippen molar-refractivity contribution in [3.05, 3.63) is 29.8 Å². The van der Waals surface area contributed by atoms with Crippen LogP contribution in [0.5, 0.6) is 0 Å². The van der Waals surface area contributed by atoms with Crippen molar-refractivity contribution < 1.29 is 9.59 Å². The molecule has 0 aromatic heterocycles. The summed E-state index contributed by atoms with van der Waals surface area (Å²) in [6.45, 7) is 8.49. The topological polar surface area (TPSA) is 61.4 Å². The van der Waals surface area contributed by atoms with Crippen LogP contribution in [-0.2, 0) is 4.79 Å². The van der Waals surface area contributed by atoms with Gasteiger partial charge in [0.2, 0.25) is 5.91 Å². The molecule has 0 spiro atoms. The molecule has 5 nitrogen and oxygen atoms in total. The highest BCUT2D eigenvalue weighted by Gasteiger charge is 2.13. The third kappa shape index (κ3) is 5.85. The zero-order valence-electron chi connectivity index (χ0n) is 13.8. The van der Waals surface area contributed by atoms with Gasteiger partial charge in [-0.15, -0.1) is 0 Å². The number of unbranched alkanes of at least 4 members (excludes halogenated alkanes) is 1. The Labute approximate surface area is 133 Å². The summed E-state index contributed by atoms with van der Waals surface area (Å²) >= 11 is 0. The summed E-state index contributed by atoms with van der Waals surface area (Å²) < 4.78 is 0. The Morgan fingerprint density at radius 2 is 1.86 bits per heavy atom. The minimum atomic E-state index is -0.0939. The van der Waals surface area contributed by atoms with E-state index in [2.05, 4.69) is 17.6 Å². The number of nitrogens with zero attached hydrogens (tertiary/aromatic N) is 1. The van der Waals surface area contributed by atoms with Gasteiger partial charge >= 0.3 is 0 Å². The lowest BCUT2D eigenvalue weighted by molar-refractivity contribution is -0.115. The van der Waals surface area contributed by atoms with Gasteiger partial charge in [-0.3, -0.25) is 9.59 Å². The zero-order valence-corrected chi connectivity index (χ0v) is 13.8. The maximum absolute atomic E-state index is 12.3. The van der Waals surface area contributed by atoms with Crippen LogP contribution in [0.2, 0.25) is 0 Å². The molecular formula is C17H27N3O2. The van der Waals surface area contributed by atoms with Gasteiger partial charge in [-0.05, 0) is 45.0 Å². The van der Waals surface area contributed by atoms with E-state index in [4.69, 9.17) is 0 Å². The lowest BCUT2D eigenvalue weighted by Gasteiger charge is -2.19. The van der Waals surface area contributed by atoms with Crippen molar-refractivity contribution in [1.82, 2.24) is 10.2 Å². The molecule has 2 N–H and O–H groups in total. The summed E-state index contributed by atoms with van der Waals surface area (Å²) in [5.41, 5.74) is 1.25. The molecule has 0 unspecified atom stereocenters. The summed E-state index contributed by atoms with van der Waals surface area (Å²) in [7, 11) is 0. The summed E-state index contributed by atoms with van der Waals surface area (Å²) in [5, 5.41) is 5.91. The summed E-state index contributed by atoms with van der Waals surface area (Å²) in [6.07, 6.45) is 2.16. The number of amides is 2. The van der Waals surface area contributed by atoms with Crippen LogP contribution in [0.3, 0.4) is 0 Å². The molecule has 0 aliphatic rings. The minimum absolute atomic E-state index is 0.0119. The van der Waals surface area contributed by atoms with E-state index in [0.29, 0.717) is 24.3 Å². The van der Waals surface area contributed by atoms with Gasteiger partial charge in [0.25, 0.3) is 5.91 Å². The first kappa shape index (κ1) is 18.2. The molecule has 1 rings (SSSR count). The van der Waals surface area contributed by atoms with E-state index in [1.165, 1.54) is 0 Å². The highest BCUT2D eigenvalue weighted by atomic mass is 16.2. The number of rotatable bonds is 9. The van der Waals surface area contributed by atoms with E-state index in [1.54, 1.807) is 29.2 Å². The van der Waals surface area contributed by atoms with Crippen molar-refractivity contribution in [3.8, 4) is 0 Å². The fourth-order valence-electron chi connectivity index (χ4n) is 2.13. The number of hydrogen-bond acceptors (Lipinski definition) is 3. The highest BCUT2D eigenvalue weighted by Crippen LogP contribution is 2.12. The third-order valence-electron chi connectivity index (χ3n) is 3.44. The number of carbonyl (C=O) groups is 2. The van der Waals surface area contributed by atoms with Crippen LogP contribution in [0.15, 0.2) is 24.3 Å². The largest absolute Gasteiger partial charge is 0.339 e. The molecule has 1 aromatic rings. The van der Waals surface area contributed by atoms with Gasteiger partial charge < -0.3 is 15.5 Å². The second kappa shape index (κ2) is 9.95. The minimum Gasteiger partial charge on any atom is -0.339 e. The monoisotopic (exact) mass is 305 g/mol. The Morgan fingerprint density at radius 3 is 2.50 bits per heavy atom. The smallest absolute Gasteiger partial charge is 0.253 e. The lowest BCUT2D eigenvalue weighted by Crippen LogP contribution is -2.31. The maximum Gasteiger partial charge on any atom is 0.253 e. The Kier molecular flexibility index (Phi) is 8.22. The number of anilines is 1. The first-order valence-corrected chi connectivity index (χ1v) is 8.02. The Bertz CT molecular complexity index is 485. The Morgan fingerprint density at radius 1 is 1.14 bits per heavy atom. The molecule has 0 atom stereocenters. The van der Waals surface area contributed by atoms with Gasteiger partial charge in [-0.25, -0.2) is 0 Å². The molecule has 1 aromatic carbocycles. The second-order valence-electron chi connectivity index (χ2n) is 5.14. The molecule has 0 aliphatic heterocycles. The van der Waals surface area contributed by atoms with Crippen molar-refractivity contribution in [2.24, 2.45) is 0 Å². The van der Waals surface area contributed by atoms with E-state index in [-0.39, 0.29) is 18.4 Å². The van der Waals surface area contributed by atoms with Crippen LogP contribution in [-0.4, -0.2) is 42.9 Å². The summed E-state index contributed by atoms with van der Waals surface area (Å²) in [5.74, 6) is -0.106. The molecule has 5 heteroatoms. The average Bonchev–Trinajstić information content (AvgIpc) is 2.53. The molecular weight excluding hydrogens is 278 g/mol. The van der Waals surface area contributed by atoms with Crippen LogP contribution >= 0.6 is 0 Å². The van der Waals surface area contributed by atoms with E-state index in [9.17, 15) is 9.59 Å². The van der Waals surface area contributed by atoms with Gasteiger partial charge in [0.1, 0.15) is 0 Å². The van der Waals surface area contributed by atoms with E-state index >= 15 is 0 Å². The predicted octanol–water partition coefficient (Wildman–Crippen LogP) is 2.50. The third-order valence-corrected chi connectivity index (χ3v) is 3.44. The molecule has 0 saturated carbocycles. The molecule has 2 amide bonds. The second-order valence-corrected chi connectivity index (χ2v) is 5.14. The average molecular weight is 305 g/mol. The van der Waals surface area contributed by atoms with Crippen molar-refractivity contribution in [1.29, 1.82) is 0 Å². The van der Waals surface area contributed by atoms with E-state index < -0.39 is 0 Å². The molecule has 0 heterocycles. The van der Waals surface area contributed by atoms with Crippen molar-refractivity contribution in [2.75, 3.05) is 31.5 Å². The van der Waals surface area contributed by atoms with Crippen molar-refractivity contribution >= 4 is 17.5 Å². The van der Waals surface area contributed by atoms with Gasteiger partial charge in [0.05, 0.1) is 6.54 Å². The van der Waals surface area contributed by atoms with Crippen LogP contribution in [0.25, 0.3) is 0 Å². The van der Waals surface area contributed by atoms with E-state index in [1.807, 2.05) is 13.8 Å². The number of benzene rings is 1. The molecule has 122 valence electrons. The van der Waals surface area contributed by atoms with Gasteiger partial charge in [0, 0.05) is 24.3 Å². The number of carbonyl (C=O) groups excluding carboxylic acids is 2. The zero-order chi connectivity index (χ0) is 16.4. The van der Waals surface area contributed by atoms with Crippen LogP contribution in [0.4, 0.5) is 5.69 Å². The van der Waals surface area contributed by atoms with Crippen molar-refractivity contribution in [2.45, 2.75) is 33.6 Å². The molecule has 0 saturated heterocycles. The Balaban J connectivity index is 2.60. The number of hydrogen-bond donors (Lipinski definition) is 2. The van der Waals surface area contributed by atoms with Gasteiger partial charge in [0.15, 0.2) is 0 Å². The highest BCUT2D eigenvalue weighted by molar-refractivity contribution is 5.97. The van der Waals surface area contributed by atoms with Gasteiger partial charge in [-0.1, -0.05) is 19.4 Å². The predicted molar refractivity (Wildman–Crippen MR) is 90.1 cm³/mol. The first-order chi connectivity index (χ1) is 10.6. The first-order valence-electron chi connectivity index (χ1n) is 8.02. The van der Waals surface area contributed by atoms with Crippen LogP contribution < -0.4 is 10.6 Å². The summed E-state index contributed by atoms with van der Waals surface area (Å²) in [6, 6.07) is 7.08. The fraction of sp³-hybridized carbons (Fsp3) is 0.529. The molecule has 0 fully saturated rings. The van der Waals surface area contributed by atoms with Gasteiger partial charge in [-0.2, -0.15) is 0 Å². The summed E-state index contributed by atoms with van der Waals surface area (Å²) in [4.78, 5) is 25.9.